The van der Waals surface area contributed by atoms with E-state index in [1.54, 1.807) is 13.2 Å². The number of halogens is 1. The normalized spacial score (nSPS) is 14.3. The summed E-state index contributed by atoms with van der Waals surface area (Å²) in [6, 6.07) is 11.0. The molecule has 1 heterocycles. The number of carbonyl (C=O) groups excluding carboxylic acids is 1. The zero-order valence-electron chi connectivity index (χ0n) is 17.2. The van der Waals surface area contributed by atoms with Gasteiger partial charge in [0, 0.05) is 37.4 Å². The van der Waals surface area contributed by atoms with Crippen molar-refractivity contribution < 1.29 is 18.7 Å². The van der Waals surface area contributed by atoms with Gasteiger partial charge < -0.3 is 24.6 Å². The second kappa shape index (κ2) is 10.4. The molecule has 2 aromatic carbocycles. The van der Waals surface area contributed by atoms with E-state index in [1.165, 1.54) is 24.3 Å². The van der Waals surface area contributed by atoms with Crippen molar-refractivity contribution in [3.05, 3.63) is 53.8 Å². The number of benzene rings is 2. The summed E-state index contributed by atoms with van der Waals surface area (Å²) in [5, 5.41) is 2.65. The number of likely N-dealkylation sites (N-methyl/N-ethyl adjacent to an activating group) is 1. The minimum absolute atomic E-state index is 0.198. The predicted octanol–water partition coefficient (Wildman–Crippen LogP) is 3.16. The van der Waals surface area contributed by atoms with Crippen LogP contribution in [-0.4, -0.2) is 67.1 Å². The van der Waals surface area contributed by atoms with Crippen molar-refractivity contribution in [2.75, 3.05) is 51.8 Å². The summed E-state index contributed by atoms with van der Waals surface area (Å²) >= 11 is 5.67. The molecule has 0 spiro atoms. The van der Waals surface area contributed by atoms with Gasteiger partial charge in [0.15, 0.2) is 18.1 Å². The number of rotatable bonds is 7. The van der Waals surface area contributed by atoms with Gasteiger partial charge in [-0.3, -0.25) is 4.79 Å². The van der Waals surface area contributed by atoms with Crippen LogP contribution in [0.15, 0.2) is 42.5 Å². The van der Waals surface area contributed by atoms with Crippen molar-refractivity contribution in [1.29, 1.82) is 0 Å². The Bertz CT molecular complexity index is 884. The maximum Gasteiger partial charge on any atom is 0.262 e. The molecule has 0 atom stereocenters. The molecule has 0 unspecified atom stereocenters. The van der Waals surface area contributed by atoms with Gasteiger partial charge in [0.05, 0.1) is 7.11 Å². The van der Waals surface area contributed by atoms with Crippen LogP contribution in [0.5, 0.6) is 11.5 Å². The second-order valence-corrected chi connectivity index (χ2v) is 7.32. The van der Waals surface area contributed by atoms with Crippen LogP contribution in [0.3, 0.4) is 0 Å². The summed E-state index contributed by atoms with van der Waals surface area (Å²) < 4.78 is 24.0. The summed E-state index contributed by atoms with van der Waals surface area (Å²) in [6.07, 6.45) is 0. The Morgan fingerprint density at radius 1 is 1.10 bits per heavy atom. The first-order chi connectivity index (χ1) is 14.5. The van der Waals surface area contributed by atoms with E-state index in [1.807, 2.05) is 12.1 Å². The van der Waals surface area contributed by atoms with Crippen LogP contribution < -0.4 is 14.8 Å². The first kappa shape index (κ1) is 22.0. The van der Waals surface area contributed by atoms with Crippen molar-refractivity contribution in [1.82, 2.24) is 9.80 Å². The Kier molecular flexibility index (Phi) is 7.59. The molecule has 1 fully saturated rings. The second-order valence-electron chi connectivity index (χ2n) is 6.94. The van der Waals surface area contributed by atoms with Gasteiger partial charge in [0.1, 0.15) is 10.8 Å². The SMILES string of the molecule is CCN1CCN(C(=S)c2ccc(OCC(=O)Nc3ccc(F)cc3)c(OC)c2)CC1. The number of anilines is 1. The Morgan fingerprint density at radius 3 is 2.43 bits per heavy atom. The molecule has 6 nitrogen and oxygen atoms in total. The van der Waals surface area contributed by atoms with Gasteiger partial charge in [0.25, 0.3) is 5.91 Å². The molecule has 0 aromatic heterocycles. The van der Waals surface area contributed by atoms with Crippen LogP contribution in [0, 0.1) is 5.82 Å². The molecule has 160 valence electrons. The lowest BCUT2D eigenvalue weighted by Crippen LogP contribution is -2.48. The first-order valence-electron chi connectivity index (χ1n) is 9.88. The third-order valence-corrected chi connectivity index (χ3v) is 5.50. The van der Waals surface area contributed by atoms with Crippen LogP contribution in [0.2, 0.25) is 0 Å². The molecular weight excluding hydrogens is 405 g/mol. The molecule has 1 saturated heterocycles. The van der Waals surface area contributed by atoms with E-state index in [0.717, 1.165) is 43.3 Å². The van der Waals surface area contributed by atoms with Crippen LogP contribution in [0.25, 0.3) is 0 Å². The van der Waals surface area contributed by atoms with Crippen molar-refractivity contribution >= 4 is 28.8 Å². The molecular formula is C22H26FN3O3S. The van der Waals surface area contributed by atoms with Crippen LogP contribution >= 0.6 is 12.2 Å². The Hall–Kier alpha value is -2.71. The average Bonchev–Trinajstić information content (AvgIpc) is 2.78. The highest BCUT2D eigenvalue weighted by molar-refractivity contribution is 7.80. The van der Waals surface area contributed by atoms with Gasteiger partial charge in [0.2, 0.25) is 0 Å². The fraction of sp³-hybridized carbons (Fsp3) is 0.364. The Balaban J connectivity index is 1.59. The highest BCUT2D eigenvalue weighted by Crippen LogP contribution is 2.29. The molecule has 0 aliphatic carbocycles. The number of methoxy groups -OCH3 is 1. The van der Waals surface area contributed by atoms with Gasteiger partial charge in [-0.25, -0.2) is 4.39 Å². The number of ether oxygens (including phenoxy) is 2. The maximum atomic E-state index is 13.0. The average molecular weight is 432 g/mol. The lowest BCUT2D eigenvalue weighted by Gasteiger charge is -2.35. The van der Waals surface area contributed by atoms with Gasteiger partial charge >= 0.3 is 0 Å². The molecule has 30 heavy (non-hydrogen) atoms. The molecule has 1 aliphatic heterocycles. The number of piperazine rings is 1. The fourth-order valence-electron chi connectivity index (χ4n) is 3.24. The van der Waals surface area contributed by atoms with Crippen molar-refractivity contribution in [3.8, 4) is 11.5 Å². The van der Waals surface area contributed by atoms with Crippen molar-refractivity contribution in [3.63, 3.8) is 0 Å². The minimum Gasteiger partial charge on any atom is -0.493 e. The summed E-state index contributed by atoms with van der Waals surface area (Å²) in [6.45, 7) is 6.81. The molecule has 0 saturated carbocycles. The summed E-state index contributed by atoms with van der Waals surface area (Å²) in [7, 11) is 1.55. The van der Waals surface area contributed by atoms with Crippen molar-refractivity contribution in [2.24, 2.45) is 0 Å². The highest BCUT2D eigenvalue weighted by Gasteiger charge is 2.20. The summed E-state index contributed by atoms with van der Waals surface area (Å²) in [5.41, 5.74) is 1.38. The van der Waals surface area contributed by atoms with Gasteiger partial charge in [-0.1, -0.05) is 19.1 Å². The van der Waals surface area contributed by atoms with E-state index in [2.05, 4.69) is 22.0 Å². The minimum atomic E-state index is -0.362. The Labute approximate surface area is 181 Å². The lowest BCUT2D eigenvalue weighted by atomic mass is 10.1. The smallest absolute Gasteiger partial charge is 0.262 e. The van der Waals surface area contributed by atoms with Crippen LogP contribution in [0.4, 0.5) is 10.1 Å². The quantitative estimate of drug-likeness (QED) is 0.680. The highest BCUT2D eigenvalue weighted by atomic mass is 32.1. The van der Waals surface area contributed by atoms with Crippen LogP contribution in [0.1, 0.15) is 12.5 Å². The van der Waals surface area contributed by atoms with Gasteiger partial charge in [-0.05, 0) is 49.0 Å². The zero-order valence-corrected chi connectivity index (χ0v) is 18.0. The molecule has 8 heteroatoms. The maximum absolute atomic E-state index is 13.0. The van der Waals surface area contributed by atoms with Gasteiger partial charge in [-0.15, -0.1) is 0 Å². The number of carbonyl (C=O) groups is 1. The van der Waals surface area contributed by atoms with E-state index in [-0.39, 0.29) is 18.3 Å². The Morgan fingerprint density at radius 2 is 1.80 bits per heavy atom. The number of nitrogens with zero attached hydrogens (tertiary/aromatic N) is 2. The van der Waals surface area contributed by atoms with E-state index >= 15 is 0 Å². The summed E-state index contributed by atoms with van der Waals surface area (Å²) in [5.74, 6) is 0.252. The zero-order chi connectivity index (χ0) is 21.5. The molecule has 1 amide bonds. The topological polar surface area (TPSA) is 54.0 Å². The number of hydrogen-bond acceptors (Lipinski definition) is 5. The largest absolute Gasteiger partial charge is 0.493 e. The summed E-state index contributed by atoms with van der Waals surface area (Å²) in [4.78, 5) is 17.5. The molecule has 3 rings (SSSR count). The third-order valence-electron chi connectivity index (χ3n) is 5.00. The standard InChI is InChI=1S/C22H26FN3O3S/c1-3-25-10-12-26(13-11-25)22(30)16-4-9-19(20(14-16)28-2)29-15-21(27)24-18-7-5-17(23)6-8-18/h4-9,14H,3,10-13,15H2,1-2H3,(H,24,27). The van der Waals surface area contributed by atoms with Crippen molar-refractivity contribution in [2.45, 2.75) is 6.92 Å². The van der Waals surface area contributed by atoms with Crippen LogP contribution in [-0.2, 0) is 4.79 Å². The van der Waals surface area contributed by atoms with E-state index in [4.69, 9.17) is 21.7 Å². The van der Waals surface area contributed by atoms with E-state index < -0.39 is 0 Å². The lowest BCUT2D eigenvalue weighted by molar-refractivity contribution is -0.118. The third kappa shape index (κ3) is 5.67. The molecule has 1 N–H and O–H groups in total. The number of thiocarbonyl (C=S) groups is 1. The van der Waals surface area contributed by atoms with E-state index in [0.29, 0.717) is 17.2 Å². The van der Waals surface area contributed by atoms with Gasteiger partial charge in [-0.2, -0.15) is 0 Å². The monoisotopic (exact) mass is 431 g/mol. The number of amides is 1. The molecule has 0 bridgehead atoms. The molecule has 2 aromatic rings. The first-order valence-corrected chi connectivity index (χ1v) is 10.3. The number of hydrogen-bond donors (Lipinski definition) is 1. The molecule has 1 aliphatic rings. The predicted molar refractivity (Wildman–Crippen MR) is 119 cm³/mol. The van der Waals surface area contributed by atoms with E-state index in [9.17, 15) is 9.18 Å². The number of nitrogens with one attached hydrogen (secondary N) is 1. The fourth-order valence-corrected chi connectivity index (χ4v) is 3.55. The molecule has 0 radical (unpaired) electrons.